The van der Waals surface area contributed by atoms with Crippen molar-refractivity contribution in [2.24, 2.45) is 22.9 Å². The van der Waals surface area contributed by atoms with E-state index < -0.39 is 98.3 Å². The van der Waals surface area contributed by atoms with Gasteiger partial charge in [-0.3, -0.25) is 0 Å². The van der Waals surface area contributed by atoms with Gasteiger partial charge in [0.1, 0.15) is 48.8 Å². The Kier molecular flexibility index (Phi) is 8.44. The molecule has 5 unspecified atom stereocenters. The van der Waals surface area contributed by atoms with E-state index in [4.69, 9.17) is 41.9 Å². The quantitative estimate of drug-likeness (QED) is 0.174. The second kappa shape index (κ2) is 10.4. The fourth-order valence-corrected chi connectivity index (χ4v) is 4.36. The summed E-state index contributed by atoms with van der Waals surface area (Å²) < 4.78 is 22.7. The Morgan fingerprint density at radius 1 is 0.812 bits per heavy atom. The van der Waals surface area contributed by atoms with Gasteiger partial charge in [0.15, 0.2) is 12.6 Å². The van der Waals surface area contributed by atoms with Crippen LogP contribution in [0, 0.1) is 0 Å². The van der Waals surface area contributed by atoms with E-state index in [-0.39, 0.29) is 6.42 Å². The molecule has 0 amide bonds. The molecule has 0 spiro atoms. The molecule has 14 nitrogen and oxygen atoms in total. The molecule has 0 aromatic carbocycles. The first-order valence-electron chi connectivity index (χ1n) is 10.6. The Morgan fingerprint density at radius 2 is 1.44 bits per heavy atom. The van der Waals surface area contributed by atoms with Crippen molar-refractivity contribution in [3.8, 4) is 0 Å². The molecule has 1 saturated carbocycles. The summed E-state index contributed by atoms with van der Waals surface area (Å²) in [6.07, 6.45) is -13.9. The first kappa shape index (κ1) is 26.1. The summed E-state index contributed by atoms with van der Waals surface area (Å²) >= 11 is 0. The molecule has 1 aliphatic carbocycles. The molecule has 0 radical (unpaired) electrons. The number of hydrogen-bond donors (Lipinski definition) is 10. The molecule has 0 bridgehead atoms. The lowest BCUT2D eigenvalue weighted by molar-refractivity contribution is -0.310. The second-order valence-electron chi connectivity index (χ2n) is 8.85. The van der Waals surface area contributed by atoms with Gasteiger partial charge in [0.25, 0.3) is 0 Å². The molecule has 188 valence electrons. The van der Waals surface area contributed by atoms with Crippen molar-refractivity contribution >= 4 is 0 Å². The maximum absolute atomic E-state index is 10.7. The summed E-state index contributed by atoms with van der Waals surface area (Å²) in [7, 11) is 0. The lowest BCUT2D eigenvalue weighted by Gasteiger charge is -2.47. The molecule has 0 aromatic rings. The van der Waals surface area contributed by atoms with Crippen molar-refractivity contribution in [1.29, 1.82) is 0 Å². The predicted molar refractivity (Wildman–Crippen MR) is 106 cm³/mol. The highest BCUT2D eigenvalue weighted by atomic mass is 16.7. The van der Waals surface area contributed by atoms with Crippen LogP contribution in [0.25, 0.3) is 0 Å². The minimum absolute atomic E-state index is 0.140. The second-order valence-corrected chi connectivity index (χ2v) is 8.85. The Labute approximate surface area is 185 Å². The average Bonchev–Trinajstić information content (AvgIpc) is 3.03. The number of hydrogen-bond acceptors (Lipinski definition) is 14. The van der Waals surface area contributed by atoms with E-state index in [0.29, 0.717) is 0 Å². The van der Waals surface area contributed by atoms with Gasteiger partial charge in [-0.2, -0.15) is 0 Å². The molecule has 14 N–H and O–H groups in total. The average molecular weight is 469 g/mol. The van der Waals surface area contributed by atoms with Crippen molar-refractivity contribution in [1.82, 2.24) is 0 Å². The molecular formula is C18H36N4O10. The first-order chi connectivity index (χ1) is 15.0. The highest BCUT2D eigenvalue weighted by molar-refractivity contribution is 5.01. The number of aliphatic hydroxyl groups excluding tert-OH is 6. The largest absolute Gasteiger partial charge is 0.394 e. The Hall–Kier alpha value is -0.560. The van der Waals surface area contributed by atoms with Crippen LogP contribution in [-0.4, -0.2) is 129 Å². The third kappa shape index (κ3) is 4.94. The van der Waals surface area contributed by atoms with Crippen LogP contribution in [0.2, 0.25) is 0 Å². The highest BCUT2D eigenvalue weighted by Gasteiger charge is 2.52. The lowest BCUT2D eigenvalue weighted by Crippen LogP contribution is -2.68. The molecule has 32 heavy (non-hydrogen) atoms. The van der Waals surface area contributed by atoms with Crippen molar-refractivity contribution in [2.75, 3.05) is 6.61 Å². The molecule has 2 aliphatic heterocycles. The Bertz CT molecular complexity index is 618. The minimum Gasteiger partial charge on any atom is -0.394 e. The zero-order valence-corrected chi connectivity index (χ0v) is 17.7. The SMILES string of the molecule is C[C@@H](N)[C@H]1O[C@@H](OC2[C@H](O[C@H]3OC(CO)[C@@H](O)[C@H](O)C3N)C(N)C[C@@H](N)[C@H]2O)[C@@H](O)C1O. The van der Waals surface area contributed by atoms with Crippen LogP contribution >= 0.6 is 0 Å². The summed E-state index contributed by atoms with van der Waals surface area (Å²) in [6.45, 7) is 0.989. The topological polar surface area (TPSA) is 262 Å². The van der Waals surface area contributed by atoms with Gasteiger partial charge in [-0.1, -0.05) is 0 Å². The van der Waals surface area contributed by atoms with E-state index in [1.165, 1.54) is 0 Å². The zero-order chi connectivity index (χ0) is 23.9. The van der Waals surface area contributed by atoms with Crippen LogP contribution < -0.4 is 22.9 Å². The molecule has 3 fully saturated rings. The third-order valence-corrected chi connectivity index (χ3v) is 6.35. The normalized spacial score (nSPS) is 53.3. The number of nitrogens with two attached hydrogens (primary N) is 4. The van der Waals surface area contributed by atoms with E-state index >= 15 is 0 Å². The van der Waals surface area contributed by atoms with Gasteiger partial charge in [0.2, 0.25) is 0 Å². The highest BCUT2D eigenvalue weighted by Crippen LogP contribution is 2.32. The van der Waals surface area contributed by atoms with E-state index in [1.807, 2.05) is 0 Å². The van der Waals surface area contributed by atoms with E-state index in [1.54, 1.807) is 6.92 Å². The Balaban J connectivity index is 1.78. The van der Waals surface area contributed by atoms with Crippen molar-refractivity contribution < 1.29 is 49.6 Å². The van der Waals surface area contributed by atoms with Crippen LogP contribution in [0.3, 0.4) is 0 Å². The van der Waals surface area contributed by atoms with Gasteiger partial charge >= 0.3 is 0 Å². The van der Waals surface area contributed by atoms with Crippen LogP contribution in [0.4, 0.5) is 0 Å². The van der Waals surface area contributed by atoms with E-state index in [0.717, 1.165) is 0 Å². The summed E-state index contributed by atoms with van der Waals surface area (Å²) in [5.41, 5.74) is 23.9. The molecule has 3 rings (SSSR count). The minimum atomic E-state index is -1.46. The molecule has 14 heteroatoms. The van der Waals surface area contributed by atoms with Gasteiger partial charge in [0.05, 0.1) is 18.8 Å². The smallest absolute Gasteiger partial charge is 0.187 e. The first-order valence-corrected chi connectivity index (χ1v) is 10.6. The molecule has 15 atom stereocenters. The lowest BCUT2D eigenvalue weighted by atomic mass is 9.84. The van der Waals surface area contributed by atoms with Gasteiger partial charge < -0.3 is 72.5 Å². The number of ether oxygens (including phenoxy) is 4. The zero-order valence-electron chi connectivity index (χ0n) is 17.7. The summed E-state index contributed by atoms with van der Waals surface area (Å²) in [6, 6.07) is -3.39. The van der Waals surface area contributed by atoms with E-state index in [9.17, 15) is 30.6 Å². The van der Waals surface area contributed by atoms with Crippen molar-refractivity contribution in [3.05, 3.63) is 0 Å². The van der Waals surface area contributed by atoms with Crippen LogP contribution in [0.5, 0.6) is 0 Å². The standard InChI is InChI=1S/C18H36N4O10/c1-4(19)14-12(27)13(28)18(30-14)32-16-9(24)5(20)2-6(21)15(16)31-17-8(22)11(26)10(25)7(3-23)29-17/h4-18,23-28H,2-3,19-22H2,1H3/t4-,5-,6?,7?,8?,9-,10-,11-,12?,13+,14-,15-,16?,17-,18+/m1/s1. The van der Waals surface area contributed by atoms with Gasteiger partial charge in [-0.15, -0.1) is 0 Å². The van der Waals surface area contributed by atoms with Crippen molar-refractivity contribution in [3.63, 3.8) is 0 Å². The fourth-order valence-electron chi connectivity index (χ4n) is 4.36. The monoisotopic (exact) mass is 468 g/mol. The molecule has 0 aromatic heterocycles. The van der Waals surface area contributed by atoms with Crippen molar-refractivity contribution in [2.45, 2.75) is 105 Å². The molecule has 3 aliphatic rings. The van der Waals surface area contributed by atoms with Gasteiger partial charge in [0, 0.05) is 18.1 Å². The third-order valence-electron chi connectivity index (χ3n) is 6.35. The maximum atomic E-state index is 10.7. The summed E-state index contributed by atoms with van der Waals surface area (Å²) in [5.74, 6) is 0. The maximum Gasteiger partial charge on any atom is 0.187 e. The van der Waals surface area contributed by atoms with Gasteiger partial charge in [-0.25, -0.2) is 0 Å². The fraction of sp³-hybridized carbons (Fsp3) is 1.00. The summed E-state index contributed by atoms with van der Waals surface area (Å²) in [4.78, 5) is 0. The number of rotatable bonds is 6. The number of aliphatic hydroxyl groups is 6. The van der Waals surface area contributed by atoms with Crippen LogP contribution in [-0.2, 0) is 18.9 Å². The predicted octanol–water partition coefficient (Wildman–Crippen LogP) is -6.26. The van der Waals surface area contributed by atoms with Crippen LogP contribution in [0.15, 0.2) is 0 Å². The molecular weight excluding hydrogens is 432 g/mol. The van der Waals surface area contributed by atoms with E-state index in [2.05, 4.69) is 0 Å². The summed E-state index contributed by atoms with van der Waals surface area (Å²) in [5, 5.41) is 60.8. The molecule has 2 heterocycles. The Morgan fingerprint density at radius 3 is 2.00 bits per heavy atom. The van der Waals surface area contributed by atoms with Gasteiger partial charge in [-0.05, 0) is 13.3 Å². The van der Waals surface area contributed by atoms with Crippen LogP contribution in [0.1, 0.15) is 13.3 Å². The molecule has 2 saturated heterocycles.